The Morgan fingerprint density at radius 2 is 1.84 bits per heavy atom. The highest BCUT2D eigenvalue weighted by molar-refractivity contribution is 7.89. The second-order valence-electron chi connectivity index (χ2n) is 6.58. The van der Waals surface area contributed by atoms with E-state index < -0.39 is 21.9 Å². The predicted octanol–water partition coefficient (Wildman–Crippen LogP) is 3.35. The zero-order chi connectivity index (χ0) is 22.6. The summed E-state index contributed by atoms with van der Waals surface area (Å²) in [6.45, 7) is 3.44. The number of benzene rings is 2. The Morgan fingerprint density at radius 3 is 2.45 bits per heavy atom. The number of nitrogens with one attached hydrogen (secondary N) is 2. The number of hydrogen-bond donors (Lipinski definition) is 3. The number of aryl methyl sites for hydroxylation is 1. The second kappa shape index (κ2) is 8.95. The van der Waals surface area contributed by atoms with Crippen LogP contribution in [0.15, 0.2) is 53.6 Å². The van der Waals surface area contributed by atoms with Gasteiger partial charge in [-0.2, -0.15) is 10.2 Å². The maximum Gasteiger partial charge on any atom is 0.238 e. The third kappa shape index (κ3) is 5.65. The average molecular weight is 442 g/mol. The molecule has 0 aliphatic rings. The van der Waals surface area contributed by atoms with Crippen molar-refractivity contribution in [1.29, 1.82) is 5.26 Å². The van der Waals surface area contributed by atoms with E-state index in [1.54, 1.807) is 32.0 Å². The van der Waals surface area contributed by atoms with E-state index in [0.29, 0.717) is 17.1 Å². The van der Waals surface area contributed by atoms with Gasteiger partial charge in [-0.3, -0.25) is 0 Å². The van der Waals surface area contributed by atoms with Crippen molar-refractivity contribution in [3.8, 4) is 11.8 Å². The van der Waals surface area contributed by atoms with Crippen LogP contribution in [0.5, 0.6) is 5.75 Å². The summed E-state index contributed by atoms with van der Waals surface area (Å²) in [7, 11) is -3.80. The van der Waals surface area contributed by atoms with Crippen molar-refractivity contribution in [2.24, 2.45) is 5.14 Å². The Labute approximate surface area is 178 Å². The normalized spacial score (nSPS) is 12.0. The number of rotatable bonds is 7. The van der Waals surface area contributed by atoms with Gasteiger partial charge >= 0.3 is 0 Å². The highest BCUT2D eigenvalue weighted by Crippen LogP contribution is 2.26. The van der Waals surface area contributed by atoms with Crippen molar-refractivity contribution in [3.63, 3.8) is 0 Å². The molecule has 0 fully saturated rings. The minimum atomic E-state index is -3.80. The third-order valence-corrected chi connectivity index (χ3v) is 5.04. The van der Waals surface area contributed by atoms with Crippen LogP contribution in [-0.2, 0) is 10.0 Å². The fourth-order valence-corrected chi connectivity index (χ4v) is 3.10. The first kappa shape index (κ1) is 21.9. The van der Waals surface area contributed by atoms with E-state index in [4.69, 9.17) is 15.1 Å². The van der Waals surface area contributed by atoms with Gasteiger partial charge < -0.3 is 15.4 Å². The SMILES string of the molecule is Cc1cc(Nc2nc(Nc3ccc(S(N)(=O)=O)cc3)ncc2F)ccc1OC(C)C#N. The van der Waals surface area contributed by atoms with Crippen molar-refractivity contribution in [1.82, 2.24) is 9.97 Å². The van der Waals surface area contributed by atoms with Gasteiger partial charge in [0.1, 0.15) is 11.8 Å². The van der Waals surface area contributed by atoms with Crippen LogP contribution in [0, 0.1) is 24.1 Å². The number of nitrogens with zero attached hydrogens (tertiary/aromatic N) is 3. The minimum absolute atomic E-state index is 0.0348. The molecule has 0 bridgehead atoms. The topological polar surface area (TPSA) is 143 Å². The largest absolute Gasteiger partial charge is 0.476 e. The number of hydrogen-bond acceptors (Lipinski definition) is 8. The minimum Gasteiger partial charge on any atom is -0.476 e. The summed E-state index contributed by atoms with van der Waals surface area (Å²) in [6, 6.07) is 12.7. The molecule has 9 nitrogen and oxygen atoms in total. The van der Waals surface area contributed by atoms with Crippen LogP contribution in [0.2, 0.25) is 0 Å². The lowest BCUT2D eigenvalue weighted by Crippen LogP contribution is -2.11. The van der Waals surface area contributed by atoms with E-state index in [9.17, 15) is 12.8 Å². The number of anilines is 4. The molecule has 0 saturated heterocycles. The van der Waals surface area contributed by atoms with Gasteiger partial charge in [0.25, 0.3) is 0 Å². The molecule has 4 N–H and O–H groups in total. The fourth-order valence-electron chi connectivity index (χ4n) is 2.58. The highest BCUT2D eigenvalue weighted by Gasteiger charge is 2.11. The monoisotopic (exact) mass is 442 g/mol. The van der Waals surface area contributed by atoms with E-state index in [0.717, 1.165) is 11.8 Å². The molecule has 160 valence electrons. The standard InChI is InChI=1S/C20H19FN6O3S/c1-12-9-15(5-8-18(12)30-13(2)10-22)25-19-17(21)11-24-20(27-19)26-14-3-6-16(7-4-14)31(23,28)29/h3-9,11,13H,1-2H3,(H2,23,28,29)(H2,24,25,26,27). The molecule has 2 aromatic carbocycles. The van der Waals surface area contributed by atoms with Crippen LogP contribution in [-0.4, -0.2) is 24.5 Å². The van der Waals surface area contributed by atoms with Gasteiger partial charge in [0.05, 0.1) is 11.1 Å². The summed E-state index contributed by atoms with van der Waals surface area (Å²) >= 11 is 0. The van der Waals surface area contributed by atoms with Crippen molar-refractivity contribution in [2.75, 3.05) is 10.6 Å². The molecule has 31 heavy (non-hydrogen) atoms. The van der Waals surface area contributed by atoms with Crippen molar-refractivity contribution < 1.29 is 17.5 Å². The average Bonchev–Trinajstić information content (AvgIpc) is 2.72. The molecule has 0 radical (unpaired) electrons. The number of nitrogens with two attached hydrogens (primary N) is 1. The molecule has 0 aliphatic heterocycles. The van der Waals surface area contributed by atoms with E-state index in [2.05, 4.69) is 20.6 Å². The summed E-state index contributed by atoms with van der Waals surface area (Å²) in [5, 5.41) is 19.7. The van der Waals surface area contributed by atoms with Crippen molar-refractivity contribution in [3.05, 3.63) is 60.0 Å². The van der Waals surface area contributed by atoms with Crippen LogP contribution < -0.4 is 20.5 Å². The van der Waals surface area contributed by atoms with E-state index in [1.807, 2.05) is 6.07 Å². The summed E-state index contributed by atoms with van der Waals surface area (Å²) in [4.78, 5) is 7.98. The molecule has 0 aliphatic carbocycles. The lowest BCUT2D eigenvalue weighted by molar-refractivity contribution is 0.274. The van der Waals surface area contributed by atoms with Gasteiger partial charge in [-0.05, 0) is 61.9 Å². The Morgan fingerprint density at radius 1 is 1.16 bits per heavy atom. The van der Waals surface area contributed by atoms with E-state index in [-0.39, 0.29) is 16.7 Å². The molecule has 1 heterocycles. The zero-order valence-corrected chi connectivity index (χ0v) is 17.4. The number of ether oxygens (including phenoxy) is 1. The van der Waals surface area contributed by atoms with Gasteiger partial charge in [-0.1, -0.05) is 0 Å². The molecule has 1 atom stereocenters. The molecule has 1 unspecified atom stereocenters. The van der Waals surface area contributed by atoms with Gasteiger partial charge in [0.2, 0.25) is 16.0 Å². The molecular weight excluding hydrogens is 423 g/mol. The number of nitriles is 1. The molecular formula is C20H19FN6O3S. The maximum atomic E-state index is 14.2. The van der Waals surface area contributed by atoms with Crippen LogP contribution in [0.4, 0.5) is 27.5 Å². The molecule has 11 heteroatoms. The Bertz CT molecular complexity index is 1240. The zero-order valence-electron chi connectivity index (χ0n) is 16.6. The maximum absolute atomic E-state index is 14.2. The summed E-state index contributed by atoms with van der Waals surface area (Å²) in [5.74, 6) is -0.0665. The molecule has 1 aromatic heterocycles. The first-order valence-corrected chi connectivity index (χ1v) is 10.6. The number of aromatic nitrogens is 2. The second-order valence-corrected chi connectivity index (χ2v) is 8.14. The fraction of sp³-hybridized carbons (Fsp3) is 0.150. The van der Waals surface area contributed by atoms with Gasteiger partial charge in [0.15, 0.2) is 17.7 Å². The smallest absolute Gasteiger partial charge is 0.238 e. The molecule has 0 amide bonds. The number of sulfonamides is 1. The van der Waals surface area contributed by atoms with Gasteiger partial charge in [-0.25, -0.2) is 22.9 Å². The molecule has 3 aromatic rings. The first-order valence-electron chi connectivity index (χ1n) is 9.02. The molecule has 0 saturated carbocycles. The lowest BCUT2D eigenvalue weighted by atomic mass is 10.2. The number of halogens is 1. The predicted molar refractivity (Wildman–Crippen MR) is 113 cm³/mol. The quantitative estimate of drug-likeness (QED) is 0.505. The van der Waals surface area contributed by atoms with E-state index in [1.165, 1.54) is 24.3 Å². The Kier molecular flexibility index (Phi) is 6.33. The summed E-state index contributed by atoms with van der Waals surface area (Å²) in [6.07, 6.45) is 0.416. The van der Waals surface area contributed by atoms with Gasteiger partial charge in [-0.15, -0.1) is 0 Å². The summed E-state index contributed by atoms with van der Waals surface area (Å²) in [5.41, 5.74) is 1.82. The summed E-state index contributed by atoms with van der Waals surface area (Å²) < 4.78 is 42.4. The Balaban J connectivity index is 1.77. The molecule has 3 rings (SSSR count). The van der Waals surface area contributed by atoms with Gasteiger partial charge in [0, 0.05) is 11.4 Å². The first-order chi connectivity index (χ1) is 14.7. The van der Waals surface area contributed by atoms with Crippen LogP contribution in [0.3, 0.4) is 0 Å². The van der Waals surface area contributed by atoms with Crippen LogP contribution >= 0.6 is 0 Å². The molecule has 0 spiro atoms. The van der Waals surface area contributed by atoms with Crippen molar-refractivity contribution in [2.45, 2.75) is 24.8 Å². The Hall–Kier alpha value is -3.75. The van der Waals surface area contributed by atoms with Crippen LogP contribution in [0.1, 0.15) is 12.5 Å². The third-order valence-electron chi connectivity index (χ3n) is 4.11. The van der Waals surface area contributed by atoms with E-state index >= 15 is 0 Å². The lowest BCUT2D eigenvalue weighted by Gasteiger charge is -2.13. The van der Waals surface area contributed by atoms with Crippen molar-refractivity contribution >= 4 is 33.2 Å². The van der Waals surface area contributed by atoms with Crippen LogP contribution in [0.25, 0.3) is 0 Å². The highest BCUT2D eigenvalue weighted by atomic mass is 32.2. The number of primary sulfonamides is 1.